The van der Waals surface area contributed by atoms with E-state index < -0.39 is 0 Å². The standard InChI is InChI=1S/C16H25NO3/c1-9-4-11(3)16(20)13(5-9)10(2)6-12-7-14(18)17-15(19)8-12/h9-13H,4-8H2,1-3H3,(H,17,18,19)/t9-,10+,11-,13-/m0/s1. The predicted molar refractivity (Wildman–Crippen MR) is 75.7 cm³/mol. The van der Waals surface area contributed by atoms with Gasteiger partial charge in [0.1, 0.15) is 5.78 Å². The Kier molecular flexibility index (Phi) is 4.61. The maximum atomic E-state index is 12.3. The molecule has 1 heterocycles. The first-order valence-corrected chi connectivity index (χ1v) is 7.73. The minimum absolute atomic E-state index is 0.103. The van der Waals surface area contributed by atoms with E-state index in [0.29, 0.717) is 24.5 Å². The van der Waals surface area contributed by atoms with Crippen LogP contribution in [0.3, 0.4) is 0 Å². The summed E-state index contributed by atoms with van der Waals surface area (Å²) >= 11 is 0. The fraction of sp³-hybridized carbons (Fsp3) is 0.812. The molecule has 0 aromatic carbocycles. The molecule has 0 bridgehead atoms. The first-order chi connectivity index (χ1) is 9.36. The fourth-order valence-electron chi connectivity index (χ4n) is 3.95. The van der Waals surface area contributed by atoms with Crippen LogP contribution in [0.25, 0.3) is 0 Å². The van der Waals surface area contributed by atoms with Crippen LogP contribution in [0.15, 0.2) is 0 Å². The largest absolute Gasteiger partial charge is 0.299 e. The lowest BCUT2D eigenvalue weighted by molar-refractivity contribution is -0.135. The van der Waals surface area contributed by atoms with Gasteiger partial charge in [0.2, 0.25) is 11.8 Å². The van der Waals surface area contributed by atoms with Crippen LogP contribution in [0.5, 0.6) is 0 Å². The number of carbonyl (C=O) groups is 3. The van der Waals surface area contributed by atoms with Gasteiger partial charge in [-0.05, 0) is 37.0 Å². The Morgan fingerprint density at radius 1 is 1.10 bits per heavy atom. The number of nitrogens with one attached hydrogen (secondary N) is 1. The summed E-state index contributed by atoms with van der Waals surface area (Å²) < 4.78 is 0. The second-order valence-corrected chi connectivity index (χ2v) is 6.95. The van der Waals surface area contributed by atoms with Crippen LogP contribution in [0.1, 0.15) is 52.9 Å². The number of hydrogen-bond donors (Lipinski definition) is 1. The molecule has 20 heavy (non-hydrogen) atoms. The highest BCUT2D eigenvalue weighted by Crippen LogP contribution is 2.37. The van der Waals surface area contributed by atoms with Crippen LogP contribution in [0.2, 0.25) is 0 Å². The average molecular weight is 279 g/mol. The zero-order chi connectivity index (χ0) is 14.9. The van der Waals surface area contributed by atoms with Crippen LogP contribution in [-0.4, -0.2) is 17.6 Å². The van der Waals surface area contributed by atoms with Crippen molar-refractivity contribution in [2.45, 2.75) is 52.9 Å². The van der Waals surface area contributed by atoms with E-state index in [9.17, 15) is 14.4 Å². The molecule has 2 rings (SSSR count). The van der Waals surface area contributed by atoms with Crippen molar-refractivity contribution in [1.82, 2.24) is 5.32 Å². The Balaban J connectivity index is 1.96. The number of Topliss-reactive ketones (excluding diaryl/α,β-unsaturated/α-hetero) is 1. The third-order valence-electron chi connectivity index (χ3n) is 4.88. The summed E-state index contributed by atoms with van der Waals surface area (Å²) in [4.78, 5) is 35.2. The minimum atomic E-state index is -0.171. The summed E-state index contributed by atoms with van der Waals surface area (Å²) in [6.45, 7) is 6.33. The van der Waals surface area contributed by atoms with Gasteiger partial charge < -0.3 is 0 Å². The summed E-state index contributed by atoms with van der Waals surface area (Å²) in [5, 5.41) is 2.34. The van der Waals surface area contributed by atoms with Gasteiger partial charge in [0.25, 0.3) is 0 Å². The quantitative estimate of drug-likeness (QED) is 0.806. The molecule has 2 aliphatic rings. The van der Waals surface area contributed by atoms with Gasteiger partial charge in [-0.25, -0.2) is 0 Å². The van der Waals surface area contributed by atoms with Gasteiger partial charge >= 0.3 is 0 Å². The smallest absolute Gasteiger partial charge is 0.226 e. The molecule has 1 N–H and O–H groups in total. The number of hydrogen-bond acceptors (Lipinski definition) is 3. The van der Waals surface area contributed by atoms with E-state index in [4.69, 9.17) is 0 Å². The molecule has 2 amide bonds. The lowest BCUT2D eigenvalue weighted by Crippen LogP contribution is -2.40. The summed E-state index contributed by atoms with van der Waals surface area (Å²) in [7, 11) is 0. The third kappa shape index (κ3) is 3.47. The van der Waals surface area contributed by atoms with Gasteiger partial charge in [-0.1, -0.05) is 20.8 Å². The third-order valence-corrected chi connectivity index (χ3v) is 4.88. The zero-order valence-electron chi connectivity index (χ0n) is 12.6. The zero-order valence-corrected chi connectivity index (χ0v) is 12.6. The maximum absolute atomic E-state index is 12.3. The van der Waals surface area contributed by atoms with Crippen molar-refractivity contribution in [1.29, 1.82) is 0 Å². The van der Waals surface area contributed by atoms with E-state index >= 15 is 0 Å². The number of carbonyl (C=O) groups excluding carboxylic acids is 3. The Hall–Kier alpha value is -1.19. The van der Waals surface area contributed by atoms with Crippen molar-refractivity contribution in [3.63, 3.8) is 0 Å². The summed E-state index contributed by atoms with van der Waals surface area (Å²) in [6.07, 6.45) is 3.59. The van der Waals surface area contributed by atoms with Crippen molar-refractivity contribution < 1.29 is 14.4 Å². The molecule has 4 heteroatoms. The van der Waals surface area contributed by atoms with Crippen molar-refractivity contribution in [3.8, 4) is 0 Å². The molecule has 1 saturated carbocycles. The molecule has 0 radical (unpaired) electrons. The Morgan fingerprint density at radius 2 is 1.70 bits per heavy atom. The van der Waals surface area contributed by atoms with E-state index in [-0.39, 0.29) is 35.5 Å². The summed E-state index contributed by atoms with van der Waals surface area (Å²) in [5.41, 5.74) is 0. The fourth-order valence-corrected chi connectivity index (χ4v) is 3.95. The van der Waals surface area contributed by atoms with E-state index in [1.54, 1.807) is 0 Å². The Bertz CT molecular complexity index is 402. The maximum Gasteiger partial charge on any atom is 0.226 e. The van der Waals surface area contributed by atoms with Crippen LogP contribution < -0.4 is 5.32 Å². The molecule has 2 fully saturated rings. The number of imide groups is 1. The Morgan fingerprint density at radius 3 is 2.30 bits per heavy atom. The summed E-state index contributed by atoms with van der Waals surface area (Å²) in [5.74, 6) is 1.25. The number of rotatable bonds is 3. The SMILES string of the molecule is C[C@@H]1C[C@@H]([C@H](C)CC2CC(=O)NC(=O)C2)C(=O)[C@@H](C)C1. The molecule has 4 atom stereocenters. The number of piperidine rings is 1. The first kappa shape index (κ1) is 15.2. The molecular weight excluding hydrogens is 254 g/mol. The van der Waals surface area contributed by atoms with Crippen molar-refractivity contribution >= 4 is 17.6 Å². The van der Waals surface area contributed by atoms with E-state index in [2.05, 4.69) is 19.2 Å². The van der Waals surface area contributed by atoms with Gasteiger partial charge in [-0.2, -0.15) is 0 Å². The molecule has 1 aliphatic carbocycles. The van der Waals surface area contributed by atoms with Crippen LogP contribution >= 0.6 is 0 Å². The molecule has 112 valence electrons. The highest BCUT2D eigenvalue weighted by Gasteiger charge is 2.37. The minimum Gasteiger partial charge on any atom is -0.299 e. The highest BCUT2D eigenvalue weighted by molar-refractivity contribution is 5.97. The van der Waals surface area contributed by atoms with Crippen molar-refractivity contribution in [2.75, 3.05) is 0 Å². The van der Waals surface area contributed by atoms with Gasteiger partial charge in [0, 0.05) is 24.7 Å². The first-order valence-electron chi connectivity index (χ1n) is 7.73. The molecule has 1 saturated heterocycles. The molecule has 4 nitrogen and oxygen atoms in total. The van der Waals surface area contributed by atoms with Gasteiger partial charge in [0.05, 0.1) is 0 Å². The molecule has 0 aromatic rings. The topological polar surface area (TPSA) is 63.2 Å². The molecule has 0 unspecified atom stereocenters. The van der Waals surface area contributed by atoms with Crippen LogP contribution in [-0.2, 0) is 14.4 Å². The lowest BCUT2D eigenvalue weighted by atomic mass is 9.69. The molecule has 1 aliphatic heterocycles. The average Bonchev–Trinajstić information content (AvgIpc) is 2.32. The van der Waals surface area contributed by atoms with Crippen molar-refractivity contribution in [3.05, 3.63) is 0 Å². The van der Waals surface area contributed by atoms with Gasteiger partial charge in [-0.3, -0.25) is 19.7 Å². The molecule has 0 aromatic heterocycles. The monoisotopic (exact) mass is 279 g/mol. The van der Waals surface area contributed by atoms with Crippen molar-refractivity contribution in [2.24, 2.45) is 29.6 Å². The number of amides is 2. The van der Waals surface area contributed by atoms with Crippen LogP contribution in [0.4, 0.5) is 0 Å². The van der Waals surface area contributed by atoms with Gasteiger partial charge in [-0.15, -0.1) is 0 Å². The lowest BCUT2D eigenvalue weighted by Gasteiger charge is -2.35. The second kappa shape index (κ2) is 6.06. The highest BCUT2D eigenvalue weighted by atomic mass is 16.2. The predicted octanol–water partition coefficient (Wildman–Crippen LogP) is 2.32. The van der Waals surface area contributed by atoms with E-state index in [1.807, 2.05) is 6.92 Å². The second-order valence-electron chi connectivity index (χ2n) is 6.95. The van der Waals surface area contributed by atoms with E-state index in [0.717, 1.165) is 19.3 Å². The van der Waals surface area contributed by atoms with Crippen LogP contribution in [0, 0.1) is 29.6 Å². The normalized spacial score (nSPS) is 34.0. The van der Waals surface area contributed by atoms with E-state index in [1.165, 1.54) is 0 Å². The van der Waals surface area contributed by atoms with Gasteiger partial charge in [0.15, 0.2) is 0 Å². The number of ketones is 1. The Labute approximate surface area is 120 Å². The molecular formula is C16H25NO3. The molecule has 0 spiro atoms. The summed E-state index contributed by atoms with van der Waals surface area (Å²) in [6, 6.07) is 0.